The fourth-order valence-corrected chi connectivity index (χ4v) is 4.89. The molecule has 3 rings (SSSR count). The maximum atomic E-state index is 13.3. The zero-order valence-corrected chi connectivity index (χ0v) is 21.9. The van der Waals surface area contributed by atoms with E-state index in [9.17, 15) is 19.2 Å². The van der Waals surface area contributed by atoms with Gasteiger partial charge >= 0.3 is 17.9 Å². The summed E-state index contributed by atoms with van der Waals surface area (Å²) in [5.74, 6) is -4.83. The van der Waals surface area contributed by atoms with Crippen LogP contribution in [0.4, 0.5) is 0 Å². The van der Waals surface area contributed by atoms with Gasteiger partial charge in [0.1, 0.15) is 0 Å². The van der Waals surface area contributed by atoms with Gasteiger partial charge in [0, 0.05) is 25.8 Å². The molecule has 0 saturated carbocycles. The average molecular weight is 537 g/mol. The number of carboxylic acids is 3. The number of carbonyl (C=O) groups excluding carboxylic acids is 1. The van der Waals surface area contributed by atoms with Crippen LogP contribution in [0.25, 0.3) is 0 Å². The van der Waals surface area contributed by atoms with Crippen LogP contribution in [0.2, 0.25) is 0 Å². The van der Waals surface area contributed by atoms with Gasteiger partial charge in [0.15, 0.2) is 5.60 Å². The third-order valence-electron chi connectivity index (χ3n) is 7.15. The summed E-state index contributed by atoms with van der Waals surface area (Å²) < 4.78 is 5.56. The quantitative estimate of drug-likeness (QED) is 0.281. The van der Waals surface area contributed by atoms with Gasteiger partial charge in [-0.15, -0.1) is 0 Å². The van der Waals surface area contributed by atoms with E-state index < -0.39 is 41.8 Å². The van der Waals surface area contributed by atoms with E-state index in [0.717, 1.165) is 31.4 Å². The Balaban J connectivity index is 0.000000332. The summed E-state index contributed by atoms with van der Waals surface area (Å²) in [5, 5.41) is 37.2. The number of likely N-dealkylation sites (tertiary alicyclic amines) is 1. The molecule has 5 N–H and O–H groups in total. The standard InChI is InChI=1S/C21H32N2O2.C6H8O7/c1-2-19(17-23-13-7-4-8-14-23)22-20(24)21(11-15-25-16-12-21)18-9-5-3-6-10-18;7-3(8)1-6(13,5(11)12)2-4(9)10/h3,5-6,9-10,19H,2,4,7-8,11-17H2,1H3,(H,22,24);13H,1-2H2,(H,7,8)(H,9,10)(H,11,12). The second-order valence-corrected chi connectivity index (χ2v) is 9.98. The van der Waals surface area contributed by atoms with Crippen LogP contribution in [0.1, 0.15) is 63.9 Å². The lowest BCUT2D eigenvalue weighted by atomic mass is 9.73. The Morgan fingerprint density at radius 1 is 0.974 bits per heavy atom. The maximum absolute atomic E-state index is 13.3. The van der Waals surface area contributed by atoms with Crippen molar-refractivity contribution in [1.82, 2.24) is 10.2 Å². The molecule has 38 heavy (non-hydrogen) atoms. The minimum Gasteiger partial charge on any atom is -0.481 e. The van der Waals surface area contributed by atoms with Gasteiger partial charge in [-0.2, -0.15) is 0 Å². The normalized spacial score (nSPS) is 18.4. The molecule has 2 heterocycles. The van der Waals surface area contributed by atoms with E-state index in [1.807, 2.05) is 18.2 Å². The number of hydrogen-bond acceptors (Lipinski definition) is 7. The molecule has 1 aromatic rings. The van der Waals surface area contributed by atoms with Crippen molar-refractivity contribution >= 4 is 23.8 Å². The van der Waals surface area contributed by atoms with E-state index in [4.69, 9.17) is 25.2 Å². The second-order valence-electron chi connectivity index (χ2n) is 9.98. The van der Waals surface area contributed by atoms with Crippen molar-refractivity contribution in [2.45, 2.75) is 75.3 Å². The first kappa shape index (κ1) is 31.2. The molecule has 0 aliphatic carbocycles. The lowest BCUT2D eigenvalue weighted by molar-refractivity contribution is -0.170. The van der Waals surface area contributed by atoms with Gasteiger partial charge in [-0.3, -0.25) is 14.4 Å². The number of piperidine rings is 1. The predicted octanol–water partition coefficient (Wildman–Crippen LogP) is 1.87. The Kier molecular flexibility index (Phi) is 12.1. The molecule has 1 unspecified atom stereocenters. The van der Waals surface area contributed by atoms with Crippen molar-refractivity contribution in [1.29, 1.82) is 0 Å². The highest BCUT2D eigenvalue weighted by molar-refractivity contribution is 5.89. The lowest BCUT2D eigenvalue weighted by Crippen LogP contribution is -2.53. The number of nitrogens with one attached hydrogen (secondary N) is 1. The third-order valence-corrected chi connectivity index (χ3v) is 7.15. The second kappa shape index (κ2) is 14.8. The van der Waals surface area contributed by atoms with Crippen molar-refractivity contribution in [3.05, 3.63) is 35.9 Å². The van der Waals surface area contributed by atoms with Crippen molar-refractivity contribution < 1.29 is 44.3 Å². The van der Waals surface area contributed by atoms with Crippen LogP contribution in [0.5, 0.6) is 0 Å². The van der Waals surface area contributed by atoms with E-state index in [1.54, 1.807) is 0 Å². The number of hydrogen-bond donors (Lipinski definition) is 5. The van der Waals surface area contributed by atoms with E-state index >= 15 is 0 Å². The lowest BCUT2D eigenvalue weighted by Gasteiger charge is -2.38. The minimum atomic E-state index is -2.74. The molecular formula is C27H40N2O9. The first-order chi connectivity index (χ1) is 18.0. The molecule has 0 radical (unpaired) electrons. The third kappa shape index (κ3) is 9.07. The minimum absolute atomic E-state index is 0.186. The summed E-state index contributed by atoms with van der Waals surface area (Å²) in [6.45, 7) is 6.81. The smallest absolute Gasteiger partial charge is 0.336 e. The van der Waals surface area contributed by atoms with E-state index in [0.29, 0.717) is 13.2 Å². The molecular weight excluding hydrogens is 496 g/mol. The zero-order chi connectivity index (χ0) is 28.2. The van der Waals surface area contributed by atoms with Gasteiger partial charge in [0.05, 0.1) is 18.3 Å². The van der Waals surface area contributed by atoms with Crippen molar-refractivity contribution in [2.24, 2.45) is 0 Å². The van der Waals surface area contributed by atoms with E-state index in [1.165, 1.54) is 32.4 Å². The molecule has 0 spiro atoms. The molecule has 212 valence electrons. The van der Waals surface area contributed by atoms with Gasteiger partial charge < -0.3 is 35.4 Å². The molecule has 2 aliphatic heterocycles. The number of aliphatic hydroxyl groups is 1. The largest absolute Gasteiger partial charge is 0.481 e. The predicted molar refractivity (Wildman–Crippen MR) is 138 cm³/mol. The monoisotopic (exact) mass is 536 g/mol. The number of benzene rings is 1. The molecule has 2 aliphatic rings. The number of ether oxygens (including phenoxy) is 1. The average Bonchev–Trinajstić information content (AvgIpc) is 2.89. The highest BCUT2D eigenvalue weighted by Crippen LogP contribution is 2.35. The topological polar surface area (TPSA) is 174 Å². The molecule has 0 bridgehead atoms. The van der Waals surface area contributed by atoms with Crippen LogP contribution in [0.3, 0.4) is 0 Å². The number of rotatable bonds is 11. The molecule has 1 atom stereocenters. The van der Waals surface area contributed by atoms with Crippen molar-refractivity contribution in [3.8, 4) is 0 Å². The van der Waals surface area contributed by atoms with Crippen LogP contribution in [-0.2, 0) is 29.3 Å². The van der Waals surface area contributed by atoms with Gasteiger partial charge in [-0.05, 0) is 50.8 Å². The molecule has 1 aromatic carbocycles. The van der Waals surface area contributed by atoms with E-state index in [-0.39, 0.29) is 11.9 Å². The van der Waals surface area contributed by atoms with Crippen LogP contribution in [0.15, 0.2) is 30.3 Å². The summed E-state index contributed by atoms with van der Waals surface area (Å²) in [4.78, 5) is 46.3. The first-order valence-corrected chi connectivity index (χ1v) is 13.1. The summed E-state index contributed by atoms with van der Waals surface area (Å²) in [7, 11) is 0. The summed E-state index contributed by atoms with van der Waals surface area (Å²) in [6, 6.07) is 10.5. The Bertz CT molecular complexity index is 910. The van der Waals surface area contributed by atoms with Crippen LogP contribution >= 0.6 is 0 Å². The Morgan fingerprint density at radius 2 is 1.53 bits per heavy atom. The molecule has 1 amide bonds. The first-order valence-electron chi connectivity index (χ1n) is 13.1. The molecule has 0 aromatic heterocycles. The number of amides is 1. The Hall–Kier alpha value is -3.02. The maximum Gasteiger partial charge on any atom is 0.336 e. The van der Waals surface area contributed by atoms with Crippen molar-refractivity contribution in [2.75, 3.05) is 32.8 Å². The van der Waals surface area contributed by atoms with Gasteiger partial charge in [-0.1, -0.05) is 43.7 Å². The summed E-state index contributed by atoms with van der Waals surface area (Å²) in [6.07, 6.45) is 4.14. The van der Waals surface area contributed by atoms with Crippen LogP contribution in [-0.4, -0.2) is 93.6 Å². The van der Waals surface area contributed by atoms with Crippen molar-refractivity contribution in [3.63, 3.8) is 0 Å². The number of aliphatic carboxylic acids is 3. The summed E-state index contributed by atoms with van der Waals surface area (Å²) in [5.41, 5.74) is -2.05. The Morgan fingerprint density at radius 3 is 2.00 bits per heavy atom. The molecule has 11 nitrogen and oxygen atoms in total. The zero-order valence-electron chi connectivity index (χ0n) is 21.9. The molecule has 11 heteroatoms. The van der Waals surface area contributed by atoms with Crippen LogP contribution in [0, 0.1) is 0 Å². The Labute approximate surface area is 222 Å². The number of carboxylic acid groups (broad SMARTS) is 3. The fourth-order valence-electron chi connectivity index (χ4n) is 4.89. The van der Waals surface area contributed by atoms with Crippen LogP contribution < -0.4 is 5.32 Å². The highest BCUT2D eigenvalue weighted by atomic mass is 16.5. The van der Waals surface area contributed by atoms with Gasteiger partial charge in [0.2, 0.25) is 5.91 Å². The SMILES string of the molecule is CCC(CN1CCCCC1)NC(=O)C1(c2ccccc2)CCOCC1.O=C(O)CC(O)(CC(=O)O)C(=O)O. The molecule has 2 fully saturated rings. The number of nitrogens with zero attached hydrogens (tertiary/aromatic N) is 1. The highest BCUT2D eigenvalue weighted by Gasteiger charge is 2.42. The van der Waals surface area contributed by atoms with E-state index in [2.05, 4.69) is 29.3 Å². The molecule has 2 saturated heterocycles. The summed E-state index contributed by atoms with van der Waals surface area (Å²) >= 11 is 0. The van der Waals surface area contributed by atoms with Gasteiger partial charge in [-0.25, -0.2) is 4.79 Å². The van der Waals surface area contributed by atoms with Gasteiger partial charge in [0.25, 0.3) is 0 Å². The fraction of sp³-hybridized carbons (Fsp3) is 0.630. The number of carbonyl (C=O) groups is 4.